The quantitative estimate of drug-likeness (QED) is 0.692. The fourth-order valence-corrected chi connectivity index (χ4v) is 3.80. The number of aliphatic hydroxyl groups is 1. The Labute approximate surface area is 173 Å². The van der Waals surface area contributed by atoms with E-state index < -0.39 is 5.60 Å². The molecule has 1 aromatic carbocycles. The smallest absolute Gasteiger partial charge is 0.261 e. The minimum atomic E-state index is -1.08. The summed E-state index contributed by atoms with van der Waals surface area (Å²) in [6.45, 7) is 3.17. The van der Waals surface area contributed by atoms with Gasteiger partial charge in [0.25, 0.3) is 11.5 Å². The van der Waals surface area contributed by atoms with Crippen LogP contribution in [0.2, 0.25) is 0 Å². The number of benzene rings is 1. The Kier molecular flexibility index (Phi) is 5.50. The van der Waals surface area contributed by atoms with Crippen molar-refractivity contribution in [2.45, 2.75) is 31.9 Å². The van der Waals surface area contributed by atoms with Gasteiger partial charge >= 0.3 is 0 Å². The third kappa shape index (κ3) is 3.91. The summed E-state index contributed by atoms with van der Waals surface area (Å²) in [5.41, 5.74) is -0.209. The number of piperidine rings is 1. The normalized spacial score (nSPS) is 15.9. The highest BCUT2D eigenvalue weighted by Gasteiger charge is 2.35. The molecule has 1 aliphatic heterocycles. The molecule has 3 aromatic rings. The van der Waals surface area contributed by atoms with Gasteiger partial charge in [-0.2, -0.15) is 0 Å². The van der Waals surface area contributed by atoms with Crippen molar-refractivity contribution in [3.8, 4) is 5.88 Å². The van der Waals surface area contributed by atoms with E-state index >= 15 is 0 Å². The number of likely N-dealkylation sites (tertiary alicyclic amines) is 1. The molecule has 0 atom stereocenters. The predicted octanol–water partition coefficient (Wildman–Crippen LogP) is 1.86. The van der Waals surface area contributed by atoms with E-state index in [9.17, 15) is 14.7 Å². The summed E-state index contributed by atoms with van der Waals surface area (Å²) in [5.74, 6) is 0.151. The standard InChI is InChI=1S/C22H24N4O4/c1-2-30-19-17(7-5-11-23-19)21(28)25-12-9-22(29,10-13-25)14-26-15-24-18-8-4-3-6-16(18)20(26)27/h3-8,11,15,29H,2,9-10,12-14H2,1H3. The van der Waals surface area contributed by atoms with Crippen LogP contribution < -0.4 is 10.3 Å². The molecule has 4 rings (SSSR count). The second-order valence-corrected chi connectivity index (χ2v) is 7.50. The molecule has 0 unspecified atom stereocenters. The van der Waals surface area contributed by atoms with Crippen LogP contribution in [0.1, 0.15) is 30.1 Å². The molecular formula is C22H24N4O4. The molecule has 0 aliphatic carbocycles. The highest BCUT2D eigenvalue weighted by molar-refractivity contribution is 5.96. The zero-order chi connectivity index (χ0) is 21.1. The van der Waals surface area contributed by atoms with Gasteiger partial charge in [-0.3, -0.25) is 14.2 Å². The van der Waals surface area contributed by atoms with Crippen LogP contribution in [0.5, 0.6) is 5.88 Å². The fraction of sp³-hybridized carbons (Fsp3) is 0.364. The lowest BCUT2D eigenvalue weighted by Gasteiger charge is -2.38. The van der Waals surface area contributed by atoms with Crippen LogP contribution in [0.3, 0.4) is 0 Å². The first-order chi connectivity index (χ1) is 14.5. The van der Waals surface area contributed by atoms with Gasteiger partial charge in [0, 0.05) is 19.3 Å². The number of pyridine rings is 1. The fourth-order valence-electron chi connectivity index (χ4n) is 3.80. The Balaban J connectivity index is 1.47. The van der Waals surface area contributed by atoms with E-state index in [4.69, 9.17) is 4.74 Å². The molecule has 1 saturated heterocycles. The van der Waals surface area contributed by atoms with Crippen LogP contribution in [0.25, 0.3) is 10.9 Å². The first kappa shape index (κ1) is 20.0. The molecular weight excluding hydrogens is 384 g/mol. The molecule has 1 aliphatic rings. The number of para-hydroxylation sites is 1. The second kappa shape index (κ2) is 8.23. The Morgan fingerprint density at radius 1 is 1.17 bits per heavy atom. The molecule has 0 saturated carbocycles. The largest absolute Gasteiger partial charge is 0.477 e. The summed E-state index contributed by atoms with van der Waals surface area (Å²) in [4.78, 5) is 35.8. The monoisotopic (exact) mass is 408 g/mol. The third-order valence-electron chi connectivity index (χ3n) is 5.46. The van der Waals surface area contributed by atoms with Crippen molar-refractivity contribution in [2.24, 2.45) is 0 Å². The lowest BCUT2D eigenvalue weighted by Crippen LogP contribution is -2.49. The maximum Gasteiger partial charge on any atom is 0.261 e. The lowest BCUT2D eigenvalue weighted by atomic mass is 9.91. The highest BCUT2D eigenvalue weighted by Crippen LogP contribution is 2.26. The average Bonchev–Trinajstić information content (AvgIpc) is 2.77. The van der Waals surface area contributed by atoms with Crippen LogP contribution in [-0.2, 0) is 6.54 Å². The van der Waals surface area contributed by atoms with Crippen LogP contribution in [0.15, 0.2) is 53.7 Å². The van der Waals surface area contributed by atoms with Crippen molar-refractivity contribution in [1.82, 2.24) is 19.4 Å². The first-order valence-electron chi connectivity index (χ1n) is 10.0. The molecule has 1 amide bonds. The maximum absolute atomic E-state index is 12.9. The molecule has 1 fully saturated rings. The van der Waals surface area contributed by atoms with Gasteiger partial charge in [-0.05, 0) is 44.0 Å². The number of carbonyl (C=O) groups excluding carboxylic acids is 1. The lowest BCUT2D eigenvalue weighted by molar-refractivity contribution is -0.0299. The average molecular weight is 408 g/mol. The minimum absolute atomic E-state index is 0.142. The van der Waals surface area contributed by atoms with E-state index in [1.807, 2.05) is 13.0 Å². The summed E-state index contributed by atoms with van der Waals surface area (Å²) in [6, 6.07) is 10.5. The highest BCUT2D eigenvalue weighted by atomic mass is 16.5. The molecule has 156 valence electrons. The molecule has 2 aromatic heterocycles. The second-order valence-electron chi connectivity index (χ2n) is 7.50. The number of carbonyl (C=O) groups is 1. The van der Waals surface area contributed by atoms with Crippen molar-refractivity contribution >= 4 is 16.8 Å². The molecule has 30 heavy (non-hydrogen) atoms. The van der Waals surface area contributed by atoms with E-state index in [0.29, 0.717) is 54.9 Å². The molecule has 0 radical (unpaired) electrons. The Morgan fingerprint density at radius 2 is 1.93 bits per heavy atom. The number of amides is 1. The van der Waals surface area contributed by atoms with Gasteiger partial charge in [0.15, 0.2) is 0 Å². The number of hydrogen-bond donors (Lipinski definition) is 1. The zero-order valence-corrected chi connectivity index (χ0v) is 16.8. The van der Waals surface area contributed by atoms with E-state index in [-0.39, 0.29) is 18.0 Å². The van der Waals surface area contributed by atoms with Crippen LogP contribution in [0.4, 0.5) is 0 Å². The summed E-state index contributed by atoms with van der Waals surface area (Å²) in [5, 5.41) is 11.6. The number of nitrogens with zero attached hydrogens (tertiary/aromatic N) is 4. The van der Waals surface area contributed by atoms with E-state index in [1.165, 1.54) is 10.9 Å². The van der Waals surface area contributed by atoms with Gasteiger partial charge in [0.05, 0.1) is 36.0 Å². The first-order valence-corrected chi connectivity index (χ1v) is 10.0. The minimum Gasteiger partial charge on any atom is -0.477 e. The summed E-state index contributed by atoms with van der Waals surface area (Å²) in [6.07, 6.45) is 3.79. The molecule has 3 heterocycles. The SMILES string of the molecule is CCOc1ncccc1C(=O)N1CCC(O)(Cn2cnc3ccccc3c2=O)CC1. The number of ether oxygens (including phenoxy) is 1. The molecule has 8 heteroatoms. The Morgan fingerprint density at radius 3 is 2.70 bits per heavy atom. The van der Waals surface area contributed by atoms with Crippen LogP contribution in [0, 0.1) is 0 Å². The molecule has 0 spiro atoms. The van der Waals surface area contributed by atoms with E-state index in [0.717, 1.165) is 0 Å². The summed E-state index contributed by atoms with van der Waals surface area (Å²) >= 11 is 0. The van der Waals surface area contributed by atoms with E-state index in [1.54, 1.807) is 41.4 Å². The van der Waals surface area contributed by atoms with Gasteiger partial charge < -0.3 is 14.7 Å². The Bertz CT molecular complexity index is 1120. The zero-order valence-electron chi connectivity index (χ0n) is 16.8. The summed E-state index contributed by atoms with van der Waals surface area (Å²) in [7, 11) is 0. The third-order valence-corrected chi connectivity index (χ3v) is 5.46. The van der Waals surface area contributed by atoms with Crippen LogP contribution >= 0.6 is 0 Å². The molecule has 0 bridgehead atoms. The maximum atomic E-state index is 12.9. The summed E-state index contributed by atoms with van der Waals surface area (Å²) < 4.78 is 6.92. The van der Waals surface area contributed by atoms with Gasteiger partial charge in [0.1, 0.15) is 5.56 Å². The topological polar surface area (TPSA) is 97.6 Å². The Hall–Kier alpha value is -3.26. The van der Waals surface area contributed by atoms with Crippen LogP contribution in [-0.4, -0.2) is 55.7 Å². The van der Waals surface area contributed by atoms with Gasteiger partial charge in [-0.25, -0.2) is 9.97 Å². The van der Waals surface area contributed by atoms with E-state index in [2.05, 4.69) is 9.97 Å². The van der Waals surface area contributed by atoms with Gasteiger partial charge in [-0.15, -0.1) is 0 Å². The van der Waals surface area contributed by atoms with Gasteiger partial charge in [0.2, 0.25) is 5.88 Å². The van der Waals surface area contributed by atoms with Gasteiger partial charge in [-0.1, -0.05) is 12.1 Å². The molecule has 1 N–H and O–H groups in total. The predicted molar refractivity (Wildman–Crippen MR) is 111 cm³/mol. The number of rotatable bonds is 5. The van der Waals surface area contributed by atoms with Crippen molar-refractivity contribution in [1.29, 1.82) is 0 Å². The number of aromatic nitrogens is 3. The number of fused-ring (bicyclic) bond motifs is 1. The molecule has 8 nitrogen and oxygen atoms in total. The van der Waals surface area contributed by atoms with Crippen molar-refractivity contribution in [3.63, 3.8) is 0 Å². The number of hydrogen-bond acceptors (Lipinski definition) is 6. The van der Waals surface area contributed by atoms with Crippen molar-refractivity contribution in [3.05, 3.63) is 64.8 Å². The van der Waals surface area contributed by atoms with Crippen molar-refractivity contribution < 1.29 is 14.6 Å². The van der Waals surface area contributed by atoms with Crippen molar-refractivity contribution in [2.75, 3.05) is 19.7 Å².